The first-order valence-corrected chi connectivity index (χ1v) is 7.70. The lowest BCUT2D eigenvalue weighted by Gasteiger charge is -2.21. The second-order valence-corrected chi connectivity index (χ2v) is 6.18. The maximum atomic E-state index is 6.06. The molecule has 19 heavy (non-hydrogen) atoms. The molecule has 1 aromatic rings. The van der Waals surface area contributed by atoms with Crippen molar-refractivity contribution in [3.63, 3.8) is 0 Å². The summed E-state index contributed by atoms with van der Waals surface area (Å²) >= 11 is 1.58. The Morgan fingerprint density at radius 3 is 2.95 bits per heavy atom. The summed E-state index contributed by atoms with van der Waals surface area (Å²) in [6.45, 7) is 2.60. The molecule has 2 heterocycles. The van der Waals surface area contributed by atoms with Crippen LogP contribution < -0.4 is 5.73 Å². The van der Waals surface area contributed by atoms with E-state index in [4.69, 9.17) is 15.2 Å². The number of rotatable bonds is 3. The number of hydrogen-bond acceptors (Lipinski definition) is 6. The van der Waals surface area contributed by atoms with Gasteiger partial charge in [0.1, 0.15) is 5.82 Å². The zero-order valence-electron chi connectivity index (χ0n) is 11.1. The minimum Gasteiger partial charge on any atom is -0.384 e. The van der Waals surface area contributed by atoms with Gasteiger partial charge in [-0.15, -0.1) is 0 Å². The monoisotopic (exact) mass is 281 g/mol. The van der Waals surface area contributed by atoms with Crippen molar-refractivity contribution in [2.75, 3.05) is 18.1 Å². The lowest BCUT2D eigenvalue weighted by Crippen LogP contribution is -2.27. The molecule has 5 nitrogen and oxygen atoms in total. The molecular formula is C13H19N3O2S. The van der Waals surface area contributed by atoms with Crippen LogP contribution >= 0.6 is 11.8 Å². The van der Waals surface area contributed by atoms with Gasteiger partial charge in [0.25, 0.3) is 0 Å². The van der Waals surface area contributed by atoms with E-state index in [1.165, 1.54) is 12.8 Å². The molecule has 1 saturated carbocycles. The largest absolute Gasteiger partial charge is 0.384 e. The molecule has 2 aliphatic rings. The van der Waals surface area contributed by atoms with Gasteiger partial charge in [0.2, 0.25) is 0 Å². The fraction of sp³-hybridized carbons (Fsp3) is 0.692. The van der Waals surface area contributed by atoms with E-state index in [1.54, 1.807) is 17.8 Å². The molecule has 1 spiro atoms. The van der Waals surface area contributed by atoms with E-state index in [0.717, 1.165) is 24.3 Å². The molecule has 1 aliphatic heterocycles. The van der Waals surface area contributed by atoms with Gasteiger partial charge in [-0.25, -0.2) is 9.97 Å². The van der Waals surface area contributed by atoms with Crippen LogP contribution in [-0.2, 0) is 9.47 Å². The highest BCUT2D eigenvalue weighted by Crippen LogP contribution is 2.40. The van der Waals surface area contributed by atoms with Crippen LogP contribution in [0.4, 0.5) is 5.82 Å². The summed E-state index contributed by atoms with van der Waals surface area (Å²) in [5.41, 5.74) is 6.61. The molecule has 2 N–H and O–H groups in total. The zero-order chi connectivity index (χ0) is 13.3. The van der Waals surface area contributed by atoms with Gasteiger partial charge in [-0.2, -0.15) is 0 Å². The Morgan fingerprint density at radius 2 is 2.21 bits per heavy atom. The first kappa shape index (κ1) is 13.1. The van der Waals surface area contributed by atoms with Crippen LogP contribution in [0.2, 0.25) is 0 Å². The maximum Gasteiger partial charge on any atom is 0.189 e. The van der Waals surface area contributed by atoms with Crippen molar-refractivity contribution in [3.8, 4) is 0 Å². The van der Waals surface area contributed by atoms with Gasteiger partial charge in [-0.1, -0.05) is 11.8 Å². The average Bonchev–Trinajstić information content (AvgIpc) is 2.97. The van der Waals surface area contributed by atoms with E-state index >= 15 is 0 Å². The highest BCUT2D eigenvalue weighted by molar-refractivity contribution is 7.99. The zero-order valence-corrected chi connectivity index (χ0v) is 11.9. The van der Waals surface area contributed by atoms with Gasteiger partial charge >= 0.3 is 0 Å². The molecule has 1 aromatic heterocycles. The SMILES string of the molecule is Cc1cc(N)nc(SCC2COC3(CCCC3)O2)n1. The third-order valence-corrected chi connectivity index (χ3v) is 4.51. The summed E-state index contributed by atoms with van der Waals surface area (Å²) in [6, 6.07) is 1.77. The van der Waals surface area contributed by atoms with Crippen molar-refractivity contribution in [1.29, 1.82) is 0 Å². The summed E-state index contributed by atoms with van der Waals surface area (Å²) in [5.74, 6) is 1.05. The number of nitrogens with zero attached hydrogens (tertiary/aromatic N) is 2. The molecule has 0 bridgehead atoms. The molecule has 1 unspecified atom stereocenters. The third-order valence-electron chi connectivity index (χ3n) is 3.53. The van der Waals surface area contributed by atoms with Crippen molar-refractivity contribution in [2.45, 2.75) is 49.7 Å². The minimum absolute atomic E-state index is 0.133. The van der Waals surface area contributed by atoms with E-state index < -0.39 is 0 Å². The van der Waals surface area contributed by atoms with Crippen LogP contribution in [0.25, 0.3) is 0 Å². The van der Waals surface area contributed by atoms with Crippen LogP contribution in [0.3, 0.4) is 0 Å². The lowest BCUT2D eigenvalue weighted by atomic mass is 10.2. The van der Waals surface area contributed by atoms with E-state index in [1.807, 2.05) is 6.92 Å². The summed E-state index contributed by atoms with van der Waals surface area (Å²) in [5, 5.41) is 0.716. The van der Waals surface area contributed by atoms with Gasteiger partial charge in [0, 0.05) is 30.4 Å². The van der Waals surface area contributed by atoms with Gasteiger partial charge in [0.05, 0.1) is 12.7 Å². The maximum absolute atomic E-state index is 6.06. The molecule has 1 atom stereocenters. The van der Waals surface area contributed by atoms with Crippen molar-refractivity contribution in [2.24, 2.45) is 0 Å². The van der Waals surface area contributed by atoms with E-state index in [0.29, 0.717) is 17.6 Å². The molecule has 0 aromatic carbocycles. The van der Waals surface area contributed by atoms with Crippen LogP contribution in [-0.4, -0.2) is 34.2 Å². The van der Waals surface area contributed by atoms with E-state index in [9.17, 15) is 0 Å². The van der Waals surface area contributed by atoms with Crippen LogP contribution in [0.1, 0.15) is 31.4 Å². The van der Waals surface area contributed by atoms with E-state index in [-0.39, 0.29) is 11.9 Å². The Morgan fingerprint density at radius 1 is 1.42 bits per heavy atom. The van der Waals surface area contributed by atoms with Crippen molar-refractivity contribution in [1.82, 2.24) is 9.97 Å². The first-order chi connectivity index (χ1) is 9.15. The molecular weight excluding hydrogens is 262 g/mol. The van der Waals surface area contributed by atoms with Crippen LogP contribution in [0, 0.1) is 6.92 Å². The Bertz CT molecular complexity index is 443. The normalized spacial score (nSPS) is 25.2. The second-order valence-electron chi connectivity index (χ2n) is 5.20. The fourth-order valence-corrected chi connectivity index (χ4v) is 3.55. The first-order valence-electron chi connectivity index (χ1n) is 6.71. The number of hydrogen-bond donors (Lipinski definition) is 1. The smallest absolute Gasteiger partial charge is 0.189 e. The Balaban J connectivity index is 1.55. The molecule has 1 saturated heterocycles. The van der Waals surface area contributed by atoms with Gasteiger partial charge in [-0.05, 0) is 19.8 Å². The molecule has 3 rings (SSSR count). The van der Waals surface area contributed by atoms with Gasteiger partial charge < -0.3 is 15.2 Å². The Labute approximate surface area is 117 Å². The molecule has 6 heteroatoms. The van der Waals surface area contributed by atoms with Crippen molar-refractivity contribution < 1.29 is 9.47 Å². The van der Waals surface area contributed by atoms with Gasteiger partial charge in [-0.3, -0.25) is 0 Å². The summed E-state index contributed by atoms with van der Waals surface area (Å²) in [4.78, 5) is 8.58. The number of nitrogens with two attached hydrogens (primary N) is 1. The summed E-state index contributed by atoms with van der Waals surface area (Å²) in [7, 11) is 0. The lowest BCUT2D eigenvalue weighted by molar-refractivity contribution is -0.159. The molecule has 0 amide bonds. The van der Waals surface area contributed by atoms with Crippen LogP contribution in [0.5, 0.6) is 0 Å². The number of ether oxygens (including phenoxy) is 2. The van der Waals surface area contributed by atoms with Gasteiger partial charge in [0.15, 0.2) is 10.9 Å². The van der Waals surface area contributed by atoms with Crippen LogP contribution in [0.15, 0.2) is 11.2 Å². The molecule has 2 fully saturated rings. The number of anilines is 1. The number of aryl methyl sites for hydroxylation is 1. The van der Waals surface area contributed by atoms with E-state index in [2.05, 4.69) is 9.97 Å². The average molecular weight is 281 g/mol. The third kappa shape index (κ3) is 3.01. The molecule has 1 aliphatic carbocycles. The highest BCUT2D eigenvalue weighted by atomic mass is 32.2. The predicted octanol–water partition coefficient (Wildman–Crippen LogP) is 2.15. The fourth-order valence-electron chi connectivity index (χ4n) is 2.67. The molecule has 0 radical (unpaired) electrons. The van der Waals surface area contributed by atoms with Crippen molar-refractivity contribution in [3.05, 3.63) is 11.8 Å². The summed E-state index contributed by atoms with van der Waals surface area (Å²) < 4.78 is 11.9. The quantitative estimate of drug-likeness (QED) is 0.676. The topological polar surface area (TPSA) is 70.3 Å². The Kier molecular flexibility index (Phi) is 3.64. The number of aromatic nitrogens is 2. The van der Waals surface area contributed by atoms with Crippen molar-refractivity contribution >= 4 is 17.6 Å². The minimum atomic E-state index is -0.280. The predicted molar refractivity (Wildman–Crippen MR) is 73.9 cm³/mol. The molecule has 104 valence electrons. The Hall–Kier alpha value is -0.850. The highest BCUT2D eigenvalue weighted by Gasteiger charge is 2.43. The standard InChI is InChI=1S/C13H19N3O2S/c1-9-6-11(14)16-12(15-9)19-8-10-7-17-13(18-10)4-2-3-5-13/h6,10H,2-5,7-8H2,1H3,(H2,14,15,16). The summed E-state index contributed by atoms with van der Waals surface area (Å²) in [6.07, 6.45) is 4.60. The second kappa shape index (κ2) is 5.26. The number of nitrogen functional groups attached to an aromatic ring is 1. The number of thioether (sulfide) groups is 1.